The quantitative estimate of drug-likeness (QED) is 0.613. The molecule has 0 radical (unpaired) electrons. The summed E-state index contributed by atoms with van der Waals surface area (Å²) in [4.78, 5) is 15.9. The van der Waals surface area contributed by atoms with Gasteiger partial charge in [0.2, 0.25) is 0 Å². The average molecular weight is 263 g/mol. The lowest BCUT2D eigenvalue weighted by Crippen LogP contribution is -2.27. The molecule has 8 heteroatoms. The standard InChI is InChI=1S/C11H17N7O/c1-6(2)9-8(12)10(18-17-9)11(19)13-4-3-7-14-5-15-16-7/h5-6H,3-4,12H2,1-2H3,(H,13,19)(H,17,18)(H,14,15,16). The predicted octanol–water partition coefficient (Wildman–Crippen LogP) is 0.206. The van der Waals surface area contributed by atoms with Gasteiger partial charge in [0.25, 0.3) is 5.91 Å². The third kappa shape index (κ3) is 2.90. The molecule has 0 bridgehead atoms. The number of aromatic nitrogens is 5. The number of nitrogens with two attached hydrogens (primary N) is 1. The summed E-state index contributed by atoms with van der Waals surface area (Å²) in [5.74, 6) is 0.626. The summed E-state index contributed by atoms with van der Waals surface area (Å²) < 4.78 is 0. The smallest absolute Gasteiger partial charge is 0.273 e. The zero-order chi connectivity index (χ0) is 13.8. The molecule has 5 N–H and O–H groups in total. The van der Waals surface area contributed by atoms with Crippen molar-refractivity contribution in [1.29, 1.82) is 0 Å². The number of aromatic amines is 2. The molecule has 2 aromatic heterocycles. The predicted molar refractivity (Wildman–Crippen MR) is 69.5 cm³/mol. The molecular weight excluding hydrogens is 246 g/mol. The fourth-order valence-corrected chi connectivity index (χ4v) is 1.71. The van der Waals surface area contributed by atoms with Crippen molar-refractivity contribution in [2.24, 2.45) is 0 Å². The molecule has 0 atom stereocenters. The topological polar surface area (TPSA) is 125 Å². The number of carbonyl (C=O) groups excluding carboxylic acids is 1. The second-order valence-corrected chi connectivity index (χ2v) is 4.49. The fourth-order valence-electron chi connectivity index (χ4n) is 1.71. The molecule has 0 spiro atoms. The Morgan fingerprint density at radius 1 is 1.47 bits per heavy atom. The number of carbonyl (C=O) groups is 1. The van der Waals surface area contributed by atoms with E-state index in [9.17, 15) is 4.79 Å². The Balaban J connectivity index is 1.93. The van der Waals surface area contributed by atoms with E-state index in [1.165, 1.54) is 6.33 Å². The Labute approximate surface area is 110 Å². The zero-order valence-electron chi connectivity index (χ0n) is 10.9. The number of hydrogen-bond donors (Lipinski definition) is 4. The van der Waals surface area contributed by atoms with Crippen molar-refractivity contribution in [2.75, 3.05) is 12.3 Å². The van der Waals surface area contributed by atoms with Gasteiger partial charge in [-0.05, 0) is 5.92 Å². The summed E-state index contributed by atoms with van der Waals surface area (Å²) in [6.45, 7) is 4.41. The van der Waals surface area contributed by atoms with Crippen molar-refractivity contribution in [1.82, 2.24) is 30.7 Å². The number of nitrogens with one attached hydrogen (secondary N) is 3. The van der Waals surface area contributed by atoms with Crippen LogP contribution in [0.25, 0.3) is 0 Å². The van der Waals surface area contributed by atoms with Gasteiger partial charge < -0.3 is 11.1 Å². The van der Waals surface area contributed by atoms with Crippen LogP contribution in [0.15, 0.2) is 6.33 Å². The molecule has 2 heterocycles. The molecule has 0 aliphatic rings. The highest BCUT2D eigenvalue weighted by molar-refractivity contribution is 5.97. The lowest BCUT2D eigenvalue weighted by atomic mass is 10.1. The van der Waals surface area contributed by atoms with Crippen LogP contribution in [0.1, 0.15) is 41.8 Å². The highest BCUT2D eigenvalue weighted by Crippen LogP contribution is 2.21. The van der Waals surface area contributed by atoms with E-state index in [0.29, 0.717) is 18.7 Å². The monoisotopic (exact) mass is 263 g/mol. The van der Waals surface area contributed by atoms with Crippen molar-refractivity contribution in [3.8, 4) is 0 Å². The maximum absolute atomic E-state index is 11.9. The summed E-state index contributed by atoms with van der Waals surface area (Å²) in [5.41, 5.74) is 7.31. The van der Waals surface area contributed by atoms with Gasteiger partial charge in [-0.15, -0.1) is 0 Å². The highest BCUT2D eigenvalue weighted by Gasteiger charge is 2.18. The van der Waals surface area contributed by atoms with Crippen LogP contribution in [-0.2, 0) is 6.42 Å². The molecular formula is C11H17N7O. The summed E-state index contributed by atoms with van der Waals surface area (Å²) in [6, 6.07) is 0. The van der Waals surface area contributed by atoms with E-state index in [-0.39, 0.29) is 17.5 Å². The van der Waals surface area contributed by atoms with E-state index in [1.54, 1.807) is 0 Å². The molecule has 0 unspecified atom stereocenters. The molecule has 19 heavy (non-hydrogen) atoms. The minimum atomic E-state index is -0.292. The third-order valence-corrected chi connectivity index (χ3v) is 2.74. The normalized spacial score (nSPS) is 10.9. The Bertz CT molecular complexity index is 543. The molecule has 0 aromatic carbocycles. The fraction of sp³-hybridized carbons (Fsp3) is 0.455. The average Bonchev–Trinajstić information content (AvgIpc) is 2.98. The first kappa shape index (κ1) is 13.1. The molecule has 0 saturated carbocycles. The number of anilines is 1. The third-order valence-electron chi connectivity index (χ3n) is 2.74. The molecule has 8 nitrogen and oxygen atoms in total. The lowest BCUT2D eigenvalue weighted by molar-refractivity contribution is 0.0950. The molecule has 1 amide bonds. The molecule has 0 aliphatic carbocycles. The minimum absolute atomic E-state index is 0.197. The van der Waals surface area contributed by atoms with Gasteiger partial charge in [-0.25, -0.2) is 4.98 Å². The van der Waals surface area contributed by atoms with Gasteiger partial charge in [0.1, 0.15) is 12.2 Å². The van der Waals surface area contributed by atoms with Crippen LogP contribution in [0.5, 0.6) is 0 Å². The number of rotatable bonds is 5. The van der Waals surface area contributed by atoms with Crippen LogP contribution in [0, 0.1) is 0 Å². The van der Waals surface area contributed by atoms with Gasteiger partial charge >= 0.3 is 0 Å². The van der Waals surface area contributed by atoms with Crippen LogP contribution in [0.2, 0.25) is 0 Å². The first-order valence-electron chi connectivity index (χ1n) is 6.05. The van der Waals surface area contributed by atoms with Gasteiger partial charge in [-0.3, -0.25) is 15.0 Å². The van der Waals surface area contributed by atoms with E-state index in [0.717, 1.165) is 11.5 Å². The van der Waals surface area contributed by atoms with Crippen molar-refractivity contribution < 1.29 is 4.79 Å². The molecule has 0 aliphatic heterocycles. The summed E-state index contributed by atoms with van der Waals surface area (Å²) >= 11 is 0. The van der Waals surface area contributed by atoms with Crippen molar-refractivity contribution >= 4 is 11.6 Å². The van der Waals surface area contributed by atoms with Crippen molar-refractivity contribution in [2.45, 2.75) is 26.2 Å². The first-order valence-corrected chi connectivity index (χ1v) is 6.05. The van der Waals surface area contributed by atoms with E-state index in [1.807, 2.05) is 13.8 Å². The molecule has 0 saturated heterocycles. The summed E-state index contributed by atoms with van der Waals surface area (Å²) in [6.07, 6.45) is 2.00. The number of nitrogen functional groups attached to an aromatic ring is 1. The van der Waals surface area contributed by atoms with Gasteiger partial charge in [0.15, 0.2) is 5.69 Å². The Hall–Kier alpha value is -2.38. The maximum Gasteiger partial charge on any atom is 0.273 e. The van der Waals surface area contributed by atoms with Crippen molar-refractivity contribution in [3.63, 3.8) is 0 Å². The Morgan fingerprint density at radius 3 is 2.84 bits per heavy atom. The van der Waals surface area contributed by atoms with E-state index in [2.05, 4.69) is 30.7 Å². The van der Waals surface area contributed by atoms with Crippen LogP contribution >= 0.6 is 0 Å². The number of amides is 1. The van der Waals surface area contributed by atoms with Gasteiger partial charge in [0.05, 0.1) is 11.4 Å². The second-order valence-electron chi connectivity index (χ2n) is 4.49. The number of H-pyrrole nitrogens is 2. The van der Waals surface area contributed by atoms with Gasteiger partial charge in [0, 0.05) is 13.0 Å². The van der Waals surface area contributed by atoms with Crippen LogP contribution < -0.4 is 11.1 Å². The second kappa shape index (κ2) is 5.51. The molecule has 0 fully saturated rings. The minimum Gasteiger partial charge on any atom is -0.395 e. The van der Waals surface area contributed by atoms with E-state index < -0.39 is 0 Å². The first-order chi connectivity index (χ1) is 9.09. The lowest BCUT2D eigenvalue weighted by Gasteiger charge is -2.04. The molecule has 2 rings (SSSR count). The zero-order valence-corrected chi connectivity index (χ0v) is 10.9. The van der Waals surface area contributed by atoms with Crippen LogP contribution in [0.4, 0.5) is 5.69 Å². The molecule has 102 valence electrons. The largest absolute Gasteiger partial charge is 0.395 e. The Morgan fingerprint density at radius 2 is 2.26 bits per heavy atom. The van der Waals surface area contributed by atoms with Crippen molar-refractivity contribution in [3.05, 3.63) is 23.5 Å². The summed E-state index contributed by atoms with van der Waals surface area (Å²) in [5, 5.41) is 15.9. The maximum atomic E-state index is 11.9. The SMILES string of the molecule is CC(C)c1[nH]nc(C(=O)NCCc2ncn[nH]2)c1N. The Kier molecular flexibility index (Phi) is 3.79. The number of nitrogens with zero attached hydrogens (tertiary/aromatic N) is 3. The van der Waals surface area contributed by atoms with E-state index in [4.69, 9.17) is 5.73 Å². The summed E-state index contributed by atoms with van der Waals surface area (Å²) in [7, 11) is 0. The number of hydrogen-bond acceptors (Lipinski definition) is 5. The highest BCUT2D eigenvalue weighted by atomic mass is 16.1. The van der Waals surface area contributed by atoms with Crippen LogP contribution in [0.3, 0.4) is 0 Å². The van der Waals surface area contributed by atoms with Gasteiger partial charge in [-0.2, -0.15) is 10.2 Å². The molecule has 2 aromatic rings. The van der Waals surface area contributed by atoms with E-state index >= 15 is 0 Å². The van der Waals surface area contributed by atoms with Crippen LogP contribution in [-0.4, -0.2) is 37.8 Å². The van der Waals surface area contributed by atoms with Gasteiger partial charge in [-0.1, -0.05) is 13.8 Å².